The molecular formula is C18H20F2N6O2. The van der Waals surface area contributed by atoms with Gasteiger partial charge in [-0.3, -0.25) is 14.3 Å². The summed E-state index contributed by atoms with van der Waals surface area (Å²) in [6.45, 7) is 5.05. The fraction of sp³-hybridized carbons (Fsp3) is 0.444. The van der Waals surface area contributed by atoms with Crippen molar-refractivity contribution in [1.29, 1.82) is 0 Å². The molecule has 0 radical (unpaired) electrons. The van der Waals surface area contributed by atoms with Crippen LogP contribution in [0, 0.1) is 6.92 Å². The minimum Gasteiger partial charge on any atom is -0.369 e. The fourth-order valence-corrected chi connectivity index (χ4v) is 3.38. The summed E-state index contributed by atoms with van der Waals surface area (Å²) in [6, 6.07) is 5.34. The maximum absolute atomic E-state index is 12.6. The van der Waals surface area contributed by atoms with Gasteiger partial charge in [-0.25, -0.2) is 13.8 Å². The second kappa shape index (κ2) is 7.63. The molecule has 1 aliphatic heterocycles. The number of hydrogen-bond donors (Lipinski definition) is 0. The lowest BCUT2D eigenvalue weighted by molar-refractivity contribution is 0.125. The van der Waals surface area contributed by atoms with E-state index in [1.54, 1.807) is 13.0 Å². The van der Waals surface area contributed by atoms with E-state index in [0.29, 0.717) is 29.2 Å². The number of nitrogens with zero attached hydrogens (tertiary/aromatic N) is 6. The van der Waals surface area contributed by atoms with E-state index in [2.05, 4.69) is 24.9 Å². The van der Waals surface area contributed by atoms with Gasteiger partial charge in [-0.15, -0.1) is 0 Å². The Labute approximate surface area is 159 Å². The van der Waals surface area contributed by atoms with Gasteiger partial charge in [0.1, 0.15) is 0 Å². The smallest absolute Gasteiger partial charge is 0.261 e. The van der Waals surface area contributed by atoms with Gasteiger partial charge in [0.2, 0.25) is 5.89 Å². The molecule has 1 aromatic carbocycles. The van der Waals surface area contributed by atoms with Crippen LogP contribution in [0.2, 0.25) is 0 Å². The van der Waals surface area contributed by atoms with E-state index in [0.717, 1.165) is 36.4 Å². The van der Waals surface area contributed by atoms with Crippen molar-refractivity contribution in [3.8, 4) is 0 Å². The zero-order valence-electron chi connectivity index (χ0n) is 15.4. The summed E-state index contributed by atoms with van der Waals surface area (Å²) in [5, 5.41) is 4.15. The Kier molecular flexibility index (Phi) is 5.03. The van der Waals surface area contributed by atoms with Gasteiger partial charge in [-0.05, 0) is 25.1 Å². The van der Waals surface area contributed by atoms with Crippen LogP contribution in [-0.2, 0) is 13.1 Å². The fourth-order valence-electron chi connectivity index (χ4n) is 3.38. The van der Waals surface area contributed by atoms with Crippen molar-refractivity contribution in [3.05, 3.63) is 46.6 Å². The molecule has 28 heavy (non-hydrogen) atoms. The number of anilines is 1. The molecule has 0 bridgehead atoms. The molecule has 3 heterocycles. The highest BCUT2D eigenvalue weighted by Gasteiger charge is 2.20. The third-order valence-electron chi connectivity index (χ3n) is 4.81. The number of hydrogen-bond acceptors (Lipinski definition) is 7. The number of rotatable bonds is 5. The van der Waals surface area contributed by atoms with Crippen molar-refractivity contribution in [1.82, 2.24) is 24.6 Å². The molecule has 1 fully saturated rings. The molecule has 2 aromatic heterocycles. The lowest BCUT2D eigenvalue weighted by atomic mass is 10.2. The van der Waals surface area contributed by atoms with Gasteiger partial charge in [0.25, 0.3) is 12.0 Å². The molecular weight excluding hydrogens is 370 g/mol. The second-order valence-corrected chi connectivity index (χ2v) is 6.79. The van der Waals surface area contributed by atoms with E-state index in [-0.39, 0.29) is 0 Å². The highest BCUT2D eigenvalue weighted by molar-refractivity contribution is 5.81. The summed E-state index contributed by atoms with van der Waals surface area (Å²) in [4.78, 5) is 25.2. The van der Waals surface area contributed by atoms with Gasteiger partial charge in [0.05, 0.1) is 30.3 Å². The van der Waals surface area contributed by atoms with E-state index in [4.69, 9.17) is 4.52 Å². The Bertz CT molecular complexity index is 1030. The summed E-state index contributed by atoms with van der Waals surface area (Å²) in [6.07, 6.45) is -1.41. The molecule has 0 N–H and O–H groups in total. The molecule has 1 aliphatic rings. The minimum absolute atomic E-state index is 0.345. The summed E-state index contributed by atoms with van der Waals surface area (Å²) in [5.41, 5.74) is 1.02. The van der Waals surface area contributed by atoms with Crippen molar-refractivity contribution >= 4 is 16.6 Å². The molecule has 1 saturated heterocycles. The molecule has 0 amide bonds. The molecule has 8 nitrogen and oxygen atoms in total. The van der Waals surface area contributed by atoms with E-state index >= 15 is 0 Å². The van der Waals surface area contributed by atoms with Gasteiger partial charge in [-0.1, -0.05) is 5.16 Å². The van der Waals surface area contributed by atoms with Crippen molar-refractivity contribution in [2.24, 2.45) is 0 Å². The van der Waals surface area contributed by atoms with Crippen LogP contribution in [0.4, 0.5) is 14.5 Å². The van der Waals surface area contributed by atoms with Gasteiger partial charge < -0.3 is 9.42 Å². The van der Waals surface area contributed by atoms with Gasteiger partial charge in [-0.2, -0.15) is 4.98 Å². The first-order valence-corrected chi connectivity index (χ1v) is 9.03. The first kappa shape index (κ1) is 18.5. The van der Waals surface area contributed by atoms with E-state index in [1.807, 2.05) is 12.1 Å². The molecule has 0 unspecified atom stereocenters. The zero-order valence-corrected chi connectivity index (χ0v) is 15.4. The second-order valence-electron chi connectivity index (χ2n) is 6.79. The van der Waals surface area contributed by atoms with E-state index in [1.165, 1.54) is 6.33 Å². The highest BCUT2D eigenvalue weighted by Crippen LogP contribution is 2.21. The topological polar surface area (TPSA) is 80.3 Å². The largest absolute Gasteiger partial charge is 0.369 e. The van der Waals surface area contributed by atoms with Crippen molar-refractivity contribution in [3.63, 3.8) is 0 Å². The molecule has 0 saturated carbocycles. The quantitative estimate of drug-likeness (QED) is 0.656. The van der Waals surface area contributed by atoms with Crippen molar-refractivity contribution in [2.75, 3.05) is 31.1 Å². The number of aromatic nitrogens is 4. The van der Waals surface area contributed by atoms with Crippen molar-refractivity contribution < 1.29 is 13.3 Å². The number of benzene rings is 1. The third-order valence-corrected chi connectivity index (χ3v) is 4.81. The van der Waals surface area contributed by atoms with Crippen molar-refractivity contribution in [2.45, 2.75) is 26.4 Å². The molecule has 0 atom stereocenters. The number of alkyl halides is 2. The Morgan fingerprint density at radius 3 is 2.68 bits per heavy atom. The predicted octanol–water partition coefficient (Wildman–Crippen LogP) is 1.68. The number of aryl methyl sites for hydroxylation is 1. The molecule has 0 spiro atoms. The van der Waals surface area contributed by atoms with Crippen LogP contribution >= 0.6 is 0 Å². The zero-order chi connectivity index (χ0) is 19.7. The van der Waals surface area contributed by atoms with Crippen LogP contribution in [0.1, 0.15) is 11.7 Å². The monoisotopic (exact) mass is 390 g/mol. The maximum Gasteiger partial charge on any atom is 0.261 e. The maximum atomic E-state index is 12.6. The van der Waals surface area contributed by atoms with Crippen LogP contribution in [0.25, 0.3) is 10.9 Å². The van der Waals surface area contributed by atoms with E-state index < -0.39 is 18.5 Å². The Morgan fingerprint density at radius 1 is 1.21 bits per heavy atom. The number of fused-ring (bicyclic) bond motifs is 1. The molecule has 10 heteroatoms. The van der Waals surface area contributed by atoms with Crippen LogP contribution in [0.15, 0.2) is 33.8 Å². The lowest BCUT2D eigenvalue weighted by Gasteiger charge is -2.35. The Hall–Kier alpha value is -2.88. The molecule has 4 rings (SSSR count). The molecule has 148 valence electrons. The SMILES string of the molecule is Cc1noc(CN2CCN(c3ccc4c(=O)n(CC(F)F)cnc4c3)CC2)n1. The minimum atomic E-state index is -2.59. The van der Waals surface area contributed by atoms with Gasteiger partial charge in [0.15, 0.2) is 5.82 Å². The average Bonchev–Trinajstić information content (AvgIpc) is 3.09. The Balaban J connectivity index is 1.45. The lowest BCUT2D eigenvalue weighted by Crippen LogP contribution is -2.46. The normalized spacial score (nSPS) is 15.6. The highest BCUT2D eigenvalue weighted by atomic mass is 19.3. The number of halogens is 2. The molecule has 0 aliphatic carbocycles. The first-order chi connectivity index (χ1) is 13.5. The van der Waals surface area contributed by atoms with Crippen LogP contribution in [0.3, 0.4) is 0 Å². The summed E-state index contributed by atoms with van der Waals surface area (Å²) in [5.74, 6) is 1.24. The summed E-state index contributed by atoms with van der Waals surface area (Å²) >= 11 is 0. The summed E-state index contributed by atoms with van der Waals surface area (Å²) in [7, 11) is 0. The first-order valence-electron chi connectivity index (χ1n) is 9.03. The van der Waals surface area contributed by atoms with Gasteiger partial charge in [0, 0.05) is 31.9 Å². The van der Waals surface area contributed by atoms with E-state index in [9.17, 15) is 13.6 Å². The standard InChI is InChI=1S/C18H20F2N6O2/c1-12-22-17(28-23-12)10-24-4-6-25(7-5-24)13-2-3-14-15(8-13)21-11-26(18(14)27)9-16(19)20/h2-3,8,11,16H,4-7,9-10H2,1H3. The van der Waals surface area contributed by atoms with Crippen LogP contribution in [0.5, 0.6) is 0 Å². The third kappa shape index (κ3) is 3.86. The molecule has 3 aromatic rings. The summed E-state index contributed by atoms with van der Waals surface area (Å²) < 4.78 is 31.3. The predicted molar refractivity (Wildman–Crippen MR) is 98.5 cm³/mol. The van der Waals surface area contributed by atoms with Crippen LogP contribution in [-0.4, -0.2) is 57.2 Å². The number of piperazine rings is 1. The van der Waals surface area contributed by atoms with Gasteiger partial charge >= 0.3 is 0 Å². The van der Waals surface area contributed by atoms with Crippen LogP contribution < -0.4 is 10.5 Å². The Morgan fingerprint density at radius 2 is 2.00 bits per heavy atom. The average molecular weight is 390 g/mol.